The van der Waals surface area contributed by atoms with Gasteiger partial charge in [0.05, 0.1) is 5.75 Å². The summed E-state index contributed by atoms with van der Waals surface area (Å²) < 4.78 is 25.5. The summed E-state index contributed by atoms with van der Waals surface area (Å²) in [5.74, 6) is 0.161. The molecule has 0 aromatic heterocycles. The van der Waals surface area contributed by atoms with Gasteiger partial charge in [0.2, 0.25) is 10.0 Å². The first-order valence-electron chi connectivity index (χ1n) is 4.89. The third-order valence-electron chi connectivity index (χ3n) is 1.95. The topological polar surface area (TPSA) is 72.2 Å². The molecule has 6 heteroatoms. The Labute approximate surface area is 103 Å². The zero-order chi connectivity index (χ0) is 11.3. The fourth-order valence-corrected chi connectivity index (χ4v) is 2.38. The van der Waals surface area contributed by atoms with E-state index >= 15 is 0 Å². The Balaban J connectivity index is 0.00000225. The van der Waals surface area contributed by atoms with Crippen LogP contribution in [0.25, 0.3) is 0 Å². The predicted octanol–water partition coefficient (Wildman–Crippen LogP) is 2.23. The highest BCUT2D eigenvalue weighted by Crippen LogP contribution is 2.12. The molecule has 0 saturated heterocycles. The van der Waals surface area contributed by atoms with Gasteiger partial charge in [0.1, 0.15) is 0 Å². The second-order valence-electron chi connectivity index (χ2n) is 3.40. The van der Waals surface area contributed by atoms with Gasteiger partial charge in [-0.05, 0) is 30.7 Å². The Morgan fingerprint density at radius 3 is 2.31 bits per heavy atom. The Morgan fingerprint density at radius 1 is 1.25 bits per heavy atom. The maximum absolute atomic E-state index is 11.5. The molecule has 4 nitrogen and oxygen atoms in total. The van der Waals surface area contributed by atoms with Crippen LogP contribution in [-0.4, -0.2) is 14.2 Å². The number of nitrogens with one attached hydrogen (secondary N) is 1. The quantitative estimate of drug-likeness (QED) is 0.801. The van der Waals surface area contributed by atoms with Crippen LogP contribution in [0.2, 0.25) is 0 Å². The van der Waals surface area contributed by atoms with E-state index in [-0.39, 0.29) is 18.2 Å². The van der Waals surface area contributed by atoms with Gasteiger partial charge in [-0.15, -0.1) is 12.4 Å². The van der Waals surface area contributed by atoms with Gasteiger partial charge in [-0.1, -0.05) is 13.3 Å². The molecule has 92 valence electrons. The minimum atomic E-state index is -3.20. The maximum atomic E-state index is 11.5. The molecule has 0 saturated carbocycles. The predicted molar refractivity (Wildman–Crippen MR) is 70.4 cm³/mol. The summed E-state index contributed by atoms with van der Waals surface area (Å²) in [6.07, 6.45) is 1.53. The van der Waals surface area contributed by atoms with Crippen molar-refractivity contribution >= 4 is 33.8 Å². The number of nitrogens with two attached hydrogens (primary N) is 1. The molecule has 0 aliphatic heterocycles. The van der Waals surface area contributed by atoms with E-state index in [0.29, 0.717) is 17.8 Å². The third-order valence-corrected chi connectivity index (χ3v) is 3.32. The second-order valence-corrected chi connectivity index (χ2v) is 5.24. The molecule has 0 unspecified atom stereocenters. The summed E-state index contributed by atoms with van der Waals surface area (Å²) in [6.45, 7) is 1.96. The molecule has 0 aliphatic rings. The Morgan fingerprint density at radius 2 is 1.81 bits per heavy atom. The average molecular weight is 265 g/mol. The van der Waals surface area contributed by atoms with Crippen LogP contribution in [0.4, 0.5) is 11.4 Å². The average Bonchev–Trinajstić information content (AvgIpc) is 2.18. The summed E-state index contributed by atoms with van der Waals surface area (Å²) >= 11 is 0. The number of hydrogen-bond donors (Lipinski definition) is 2. The van der Waals surface area contributed by atoms with Crippen LogP contribution in [0.5, 0.6) is 0 Å². The van der Waals surface area contributed by atoms with Gasteiger partial charge in [-0.3, -0.25) is 4.72 Å². The summed E-state index contributed by atoms with van der Waals surface area (Å²) in [6, 6.07) is 6.63. The lowest BCUT2D eigenvalue weighted by atomic mass is 10.3. The number of nitrogen functional groups attached to an aromatic ring is 1. The second kappa shape index (κ2) is 6.60. The van der Waals surface area contributed by atoms with E-state index in [0.717, 1.165) is 6.42 Å². The monoisotopic (exact) mass is 264 g/mol. The van der Waals surface area contributed by atoms with Gasteiger partial charge in [-0.25, -0.2) is 8.42 Å². The smallest absolute Gasteiger partial charge is 0.232 e. The van der Waals surface area contributed by atoms with Gasteiger partial charge in [0.25, 0.3) is 0 Å². The van der Waals surface area contributed by atoms with E-state index in [1.807, 2.05) is 6.92 Å². The number of sulfonamides is 1. The SMILES string of the molecule is CCCCS(=O)(=O)Nc1ccc(N)cc1.Cl. The highest BCUT2D eigenvalue weighted by atomic mass is 35.5. The van der Waals surface area contributed by atoms with Gasteiger partial charge in [-0.2, -0.15) is 0 Å². The largest absolute Gasteiger partial charge is 0.399 e. The van der Waals surface area contributed by atoms with Crippen LogP contribution in [0.1, 0.15) is 19.8 Å². The van der Waals surface area contributed by atoms with E-state index in [4.69, 9.17) is 5.73 Å². The number of rotatable bonds is 5. The molecular formula is C10H17ClN2O2S. The molecule has 1 rings (SSSR count). The van der Waals surface area contributed by atoms with Crippen LogP contribution in [0, 0.1) is 0 Å². The molecule has 0 radical (unpaired) electrons. The van der Waals surface area contributed by atoms with Crippen molar-refractivity contribution in [3.63, 3.8) is 0 Å². The lowest BCUT2D eigenvalue weighted by molar-refractivity contribution is 0.598. The maximum Gasteiger partial charge on any atom is 0.232 e. The number of halogens is 1. The molecule has 3 N–H and O–H groups in total. The molecule has 0 atom stereocenters. The number of unbranched alkanes of at least 4 members (excludes halogenated alkanes) is 1. The number of hydrogen-bond acceptors (Lipinski definition) is 3. The van der Waals surface area contributed by atoms with Crippen LogP contribution in [-0.2, 0) is 10.0 Å². The van der Waals surface area contributed by atoms with E-state index in [9.17, 15) is 8.42 Å². The lowest BCUT2D eigenvalue weighted by Crippen LogP contribution is -2.16. The van der Waals surface area contributed by atoms with Gasteiger partial charge in [0.15, 0.2) is 0 Å². The van der Waals surface area contributed by atoms with Crippen molar-refractivity contribution in [2.24, 2.45) is 0 Å². The summed E-state index contributed by atoms with van der Waals surface area (Å²) in [7, 11) is -3.20. The van der Waals surface area contributed by atoms with Gasteiger partial charge >= 0.3 is 0 Å². The van der Waals surface area contributed by atoms with Crippen molar-refractivity contribution in [1.29, 1.82) is 0 Å². The van der Waals surface area contributed by atoms with Crippen molar-refractivity contribution in [2.45, 2.75) is 19.8 Å². The first-order valence-corrected chi connectivity index (χ1v) is 6.55. The number of benzene rings is 1. The zero-order valence-electron chi connectivity index (χ0n) is 9.14. The van der Waals surface area contributed by atoms with Crippen LogP contribution in [0.15, 0.2) is 24.3 Å². The van der Waals surface area contributed by atoms with Crippen molar-refractivity contribution in [1.82, 2.24) is 0 Å². The Kier molecular flexibility index (Phi) is 6.21. The molecule has 0 aliphatic carbocycles. The molecule has 0 heterocycles. The lowest BCUT2D eigenvalue weighted by Gasteiger charge is -2.07. The van der Waals surface area contributed by atoms with Crippen molar-refractivity contribution in [2.75, 3.05) is 16.2 Å². The highest BCUT2D eigenvalue weighted by Gasteiger charge is 2.08. The molecule has 16 heavy (non-hydrogen) atoms. The van der Waals surface area contributed by atoms with E-state index in [1.54, 1.807) is 24.3 Å². The van der Waals surface area contributed by atoms with Crippen LogP contribution in [0.3, 0.4) is 0 Å². The van der Waals surface area contributed by atoms with Crippen molar-refractivity contribution < 1.29 is 8.42 Å². The summed E-state index contributed by atoms with van der Waals surface area (Å²) in [5, 5.41) is 0. The Bertz CT molecular complexity index is 403. The zero-order valence-corrected chi connectivity index (χ0v) is 10.8. The number of anilines is 2. The van der Waals surface area contributed by atoms with Crippen LogP contribution < -0.4 is 10.5 Å². The molecule has 1 aromatic rings. The van der Waals surface area contributed by atoms with Crippen molar-refractivity contribution in [3.8, 4) is 0 Å². The molecular weight excluding hydrogens is 248 g/mol. The van der Waals surface area contributed by atoms with Crippen LogP contribution >= 0.6 is 12.4 Å². The summed E-state index contributed by atoms with van der Waals surface area (Å²) in [5.41, 5.74) is 6.67. The van der Waals surface area contributed by atoms with Gasteiger partial charge < -0.3 is 5.73 Å². The molecule has 0 fully saturated rings. The normalized spacial score (nSPS) is 10.6. The standard InChI is InChI=1S/C10H16N2O2S.ClH/c1-2-3-8-15(13,14)12-10-6-4-9(11)5-7-10;/h4-7,12H,2-3,8,11H2,1H3;1H. The fraction of sp³-hybridized carbons (Fsp3) is 0.400. The minimum Gasteiger partial charge on any atom is -0.399 e. The third kappa shape index (κ3) is 5.23. The first kappa shape index (κ1) is 15.1. The van der Waals surface area contributed by atoms with E-state index in [1.165, 1.54) is 0 Å². The molecule has 1 aromatic carbocycles. The fourth-order valence-electron chi connectivity index (χ4n) is 1.12. The minimum absolute atomic E-state index is 0. The van der Waals surface area contributed by atoms with Crippen molar-refractivity contribution in [3.05, 3.63) is 24.3 Å². The molecule has 0 spiro atoms. The Hall–Kier alpha value is -0.940. The summed E-state index contributed by atoms with van der Waals surface area (Å²) in [4.78, 5) is 0. The highest BCUT2D eigenvalue weighted by molar-refractivity contribution is 7.92. The molecule has 0 amide bonds. The van der Waals surface area contributed by atoms with Gasteiger partial charge in [0, 0.05) is 11.4 Å². The molecule has 0 bridgehead atoms. The first-order chi connectivity index (χ1) is 7.03. The van der Waals surface area contributed by atoms with E-state index in [2.05, 4.69) is 4.72 Å². The van der Waals surface area contributed by atoms with E-state index < -0.39 is 10.0 Å².